The van der Waals surface area contributed by atoms with E-state index in [9.17, 15) is 4.79 Å². The molecule has 0 atom stereocenters. The van der Waals surface area contributed by atoms with Crippen LogP contribution >= 0.6 is 0 Å². The van der Waals surface area contributed by atoms with Crippen LogP contribution in [-0.2, 0) is 11.2 Å². The number of carbonyl (C=O) groups excluding carboxylic acids is 1. The fourth-order valence-electron chi connectivity index (χ4n) is 1.58. The number of rotatable bonds is 3. The molecule has 76 valence electrons. The van der Waals surface area contributed by atoms with Crippen LogP contribution in [0.1, 0.15) is 5.56 Å². The van der Waals surface area contributed by atoms with Crippen molar-refractivity contribution in [2.24, 2.45) is 0 Å². The van der Waals surface area contributed by atoms with Crippen LogP contribution in [0.3, 0.4) is 0 Å². The van der Waals surface area contributed by atoms with Crippen molar-refractivity contribution in [2.45, 2.75) is 6.42 Å². The summed E-state index contributed by atoms with van der Waals surface area (Å²) in [5.41, 5.74) is 1.76. The van der Waals surface area contributed by atoms with E-state index in [2.05, 4.69) is 4.98 Å². The third-order valence-electron chi connectivity index (χ3n) is 2.31. The summed E-state index contributed by atoms with van der Waals surface area (Å²) in [4.78, 5) is 14.7. The number of methoxy groups -OCH3 is 1. The molecule has 0 saturated heterocycles. The number of hydrogen-bond donors (Lipinski definition) is 0. The van der Waals surface area contributed by atoms with Crippen LogP contribution in [0.2, 0.25) is 0 Å². The van der Waals surface area contributed by atoms with Gasteiger partial charge in [-0.15, -0.1) is 0 Å². The second kappa shape index (κ2) is 4.09. The molecule has 0 aliphatic carbocycles. The normalized spacial score (nSPS) is 10.2. The standard InChI is InChI=1S/C12H11NO2/c1-15-12-8-9-3-2-5-13-11(9)7-10(12)4-6-14/h2-3,5-8H,4H2,1H3. The molecule has 0 aliphatic heterocycles. The Morgan fingerprint density at radius 1 is 1.47 bits per heavy atom. The van der Waals surface area contributed by atoms with Crippen LogP contribution in [0.5, 0.6) is 5.75 Å². The molecule has 3 heteroatoms. The van der Waals surface area contributed by atoms with Gasteiger partial charge in [0.15, 0.2) is 0 Å². The lowest BCUT2D eigenvalue weighted by Gasteiger charge is -2.07. The third kappa shape index (κ3) is 1.81. The predicted octanol–water partition coefficient (Wildman–Crippen LogP) is 1.98. The summed E-state index contributed by atoms with van der Waals surface area (Å²) in [6.07, 6.45) is 2.96. The van der Waals surface area contributed by atoms with Gasteiger partial charge in [0.05, 0.1) is 12.6 Å². The van der Waals surface area contributed by atoms with Crippen molar-refractivity contribution in [3.63, 3.8) is 0 Å². The first-order valence-electron chi connectivity index (χ1n) is 4.70. The van der Waals surface area contributed by atoms with Crippen LogP contribution in [0.4, 0.5) is 0 Å². The molecule has 3 nitrogen and oxygen atoms in total. The highest BCUT2D eigenvalue weighted by Gasteiger charge is 2.05. The first-order valence-corrected chi connectivity index (χ1v) is 4.70. The van der Waals surface area contributed by atoms with Crippen molar-refractivity contribution in [1.82, 2.24) is 4.98 Å². The number of benzene rings is 1. The molecular formula is C12H11NO2. The number of ether oxygens (including phenoxy) is 1. The molecule has 15 heavy (non-hydrogen) atoms. The molecule has 1 heterocycles. The van der Waals surface area contributed by atoms with Gasteiger partial charge in [0.25, 0.3) is 0 Å². The molecule has 0 radical (unpaired) electrons. The lowest BCUT2D eigenvalue weighted by molar-refractivity contribution is -0.107. The lowest BCUT2D eigenvalue weighted by atomic mass is 10.1. The van der Waals surface area contributed by atoms with Crippen molar-refractivity contribution in [2.75, 3.05) is 7.11 Å². The average molecular weight is 201 g/mol. The van der Waals surface area contributed by atoms with Crippen molar-refractivity contribution in [1.29, 1.82) is 0 Å². The zero-order chi connectivity index (χ0) is 10.7. The molecule has 2 rings (SSSR count). The number of hydrogen-bond acceptors (Lipinski definition) is 3. The molecule has 2 aromatic rings. The van der Waals surface area contributed by atoms with E-state index in [1.54, 1.807) is 13.3 Å². The molecule has 0 amide bonds. The highest BCUT2D eigenvalue weighted by molar-refractivity contribution is 5.82. The molecule has 1 aromatic carbocycles. The molecular weight excluding hydrogens is 190 g/mol. The molecule has 0 N–H and O–H groups in total. The van der Waals surface area contributed by atoms with Gasteiger partial charge >= 0.3 is 0 Å². The maximum absolute atomic E-state index is 10.5. The first-order chi connectivity index (χ1) is 7.35. The van der Waals surface area contributed by atoms with E-state index in [-0.39, 0.29) is 0 Å². The number of nitrogens with zero attached hydrogens (tertiary/aromatic N) is 1. The van der Waals surface area contributed by atoms with Crippen molar-refractivity contribution in [3.05, 3.63) is 36.0 Å². The smallest absolute Gasteiger partial charge is 0.124 e. The Bertz CT molecular complexity index is 494. The van der Waals surface area contributed by atoms with Gasteiger partial charge in [0.2, 0.25) is 0 Å². The highest BCUT2D eigenvalue weighted by Crippen LogP contribution is 2.24. The largest absolute Gasteiger partial charge is 0.496 e. The van der Waals surface area contributed by atoms with Gasteiger partial charge < -0.3 is 9.53 Å². The highest BCUT2D eigenvalue weighted by atomic mass is 16.5. The number of pyridine rings is 1. The summed E-state index contributed by atoms with van der Waals surface area (Å²) in [5.74, 6) is 0.739. The SMILES string of the molecule is COc1cc2cccnc2cc1CC=O. The van der Waals surface area contributed by atoms with Crippen LogP contribution in [-0.4, -0.2) is 18.4 Å². The van der Waals surface area contributed by atoms with Gasteiger partial charge in [0.1, 0.15) is 12.0 Å². The molecule has 0 saturated carbocycles. The monoisotopic (exact) mass is 201 g/mol. The first kappa shape index (κ1) is 9.65. The maximum Gasteiger partial charge on any atom is 0.124 e. The summed E-state index contributed by atoms with van der Waals surface area (Å²) in [6, 6.07) is 7.64. The van der Waals surface area contributed by atoms with Gasteiger partial charge in [0, 0.05) is 23.6 Å². The van der Waals surface area contributed by atoms with E-state index < -0.39 is 0 Å². The third-order valence-corrected chi connectivity index (χ3v) is 2.31. The lowest BCUT2D eigenvalue weighted by Crippen LogP contribution is -1.94. The van der Waals surface area contributed by atoms with Crippen molar-refractivity contribution in [3.8, 4) is 5.75 Å². The number of carbonyl (C=O) groups is 1. The van der Waals surface area contributed by atoms with Crippen LogP contribution < -0.4 is 4.74 Å². The Balaban J connectivity index is 2.63. The quantitative estimate of drug-likeness (QED) is 0.713. The van der Waals surface area contributed by atoms with E-state index in [4.69, 9.17) is 4.74 Å². The second-order valence-electron chi connectivity index (χ2n) is 3.23. The minimum Gasteiger partial charge on any atom is -0.496 e. The molecule has 0 unspecified atom stereocenters. The molecule has 0 fully saturated rings. The topological polar surface area (TPSA) is 39.2 Å². The minimum absolute atomic E-state index is 0.357. The van der Waals surface area contributed by atoms with Crippen molar-refractivity contribution < 1.29 is 9.53 Å². The molecule has 1 aromatic heterocycles. The van der Waals surface area contributed by atoms with Gasteiger partial charge in [-0.25, -0.2) is 0 Å². The van der Waals surface area contributed by atoms with E-state index in [1.165, 1.54) is 0 Å². The minimum atomic E-state index is 0.357. The molecule has 0 aliphatic rings. The van der Waals surface area contributed by atoms with Gasteiger partial charge in [-0.1, -0.05) is 6.07 Å². The Morgan fingerprint density at radius 3 is 3.07 bits per heavy atom. The molecule has 0 bridgehead atoms. The van der Waals surface area contributed by atoms with Crippen LogP contribution in [0.25, 0.3) is 10.9 Å². The maximum atomic E-state index is 10.5. The summed E-state index contributed by atoms with van der Waals surface area (Å²) in [6.45, 7) is 0. The zero-order valence-electron chi connectivity index (χ0n) is 8.43. The van der Waals surface area contributed by atoms with Crippen molar-refractivity contribution >= 4 is 17.2 Å². The molecule has 0 spiro atoms. The van der Waals surface area contributed by atoms with E-state index in [1.807, 2.05) is 24.3 Å². The predicted molar refractivity (Wildman–Crippen MR) is 58.1 cm³/mol. The second-order valence-corrected chi connectivity index (χ2v) is 3.23. The van der Waals surface area contributed by atoms with Gasteiger partial charge in [-0.3, -0.25) is 4.98 Å². The fraction of sp³-hybridized carbons (Fsp3) is 0.167. The number of aromatic nitrogens is 1. The van der Waals surface area contributed by atoms with Gasteiger partial charge in [-0.05, 0) is 18.2 Å². The Labute approximate surface area is 87.7 Å². The Kier molecular flexibility index (Phi) is 2.63. The van der Waals surface area contributed by atoms with Crippen LogP contribution in [0.15, 0.2) is 30.5 Å². The number of fused-ring (bicyclic) bond motifs is 1. The van der Waals surface area contributed by atoms with E-state index in [0.29, 0.717) is 6.42 Å². The summed E-state index contributed by atoms with van der Waals surface area (Å²) in [5, 5.41) is 1.02. The summed E-state index contributed by atoms with van der Waals surface area (Å²) in [7, 11) is 1.60. The summed E-state index contributed by atoms with van der Waals surface area (Å²) >= 11 is 0. The average Bonchev–Trinajstić information content (AvgIpc) is 2.28. The zero-order valence-corrected chi connectivity index (χ0v) is 8.43. The van der Waals surface area contributed by atoms with Gasteiger partial charge in [-0.2, -0.15) is 0 Å². The van der Waals surface area contributed by atoms with E-state index >= 15 is 0 Å². The van der Waals surface area contributed by atoms with E-state index in [0.717, 1.165) is 28.5 Å². The Morgan fingerprint density at radius 2 is 2.33 bits per heavy atom. The Hall–Kier alpha value is -1.90. The fourth-order valence-corrected chi connectivity index (χ4v) is 1.58. The van der Waals surface area contributed by atoms with Crippen LogP contribution in [0, 0.1) is 0 Å². The summed E-state index contributed by atoms with van der Waals surface area (Å²) < 4.78 is 5.22. The number of aldehydes is 1.